The van der Waals surface area contributed by atoms with Crippen LogP contribution in [0.4, 0.5) is 16.0 Å². The minimum absolute atomic E-state index is 0.00728. The molecule has 0 saturated carbocycles. The molecular formula is C30H27ClFN7O4. The lowest BCUT2D eigenvalue weighted by atomic mass is 9.84. The van der Waals surface area contributed by atoms with E-state index in [9.17, 15) is 19.1 Å². The number of nitrogen functional groups attached to an aromatic ring is 1. The number of aryl methyl sites for hydroxylation is 1. The molecule has 220 valence electrons. The molecule has 1 aliphatic heterocycles. The largest absolute Gasteiger partial charge is 0.481 e. The minimum atomic E-state index is -1.47. The standard InChI is InChI=1S/C30H27ClFN7O4/c1-14-6-5-7-15(21(14)32)12-39-19-10-16(31)8-9-18(19)22(38-39)25-35-23(33)20-24(36-25)37-26(40)30(20,4)27-34-17(13-43-27)11-29(2,3)28(41)42/h5-10,13H,11-12H2,1-4H3,(H,41,42)(H3,33,35,36,37,40). The molecule has 4 N–H and O–H groups in total. The predicted octanol–water partition coefficient (Wildman–Crippen LogP) is 5.12. The van der Waals surface area contributed by atoms with Gasteiger partial charge in [-0.15, -0.1) is 0 Å². The van der Waals surface area contributed by atoms with Gasteiger partial charge in [0.2, 0.25) is 11.8 Å². The van der Waals surface area contributed by atoms with Crippen molar-refractivity contribution in [2.24, 2.45) is 5.41 Å². The molecule has 11 nitrogen and oxygen atoms in total. The first-order chi connectivity index (χ1) is 20.3. The molecule has 0 spiro atoms. The van der Waals surface area contributed by atoms with E-state index in [1.807, 2.05) is 0 Å². The zero-order valence-corrected chi connectivity index (χ0v) is 24.5. The second kappa shape index (κ2) is 9.87. The molecule has 43 heavy (non-hydrogen) atoms. The monoisotopic (exact) mass is 603 g/mol. The lowest BCUT2D eigenvalue weighted by Gasteiger charge is -2.19. The third kappa shape index (κ3) is 4.58. The highest BCUT2D eigenvalue weighted by Gasteiger charge is 2.51. The summed E-state index contributed by atoms with van der Waals surface area (Å²) in [6.07, 6.45) is 1.43. The van der Waals surface area contributed by atoms with Gasteiger partial charge in [-0.25, -0.2) is 19.3 Å². The average molecular weight is 604 g/mol. The number of benzene rings is 2. The van der Waals surface area contributed by atoms with Crippen LogP contribution in [0.15, 0.2) is 47.1 Å². The number of fused-ring (bicyclic) bond motifs is 2. The molecule has 0 saturated heterocycles. The number of aliphatic carboxylic acids is 1. The topological polar surface area (TPSA) is 162 Å². The number of nitrogens with zero attached hydrogens (tertiary/aromatic N) is 5. The molecule has 0 fully saturated rings. The second-order valence-corrected chi connectivity index (χ2v) is 11.9. The number of halogens is 2. The predicted molar refractivity (Wildman–Crippen MR) is 157 cm³/mol. The summed E-state index contributed by atoms with van der Waals surface area (Å²) in [6, 6.07) is 10.4. The quantitative estimate of drug-likeness (QED) is 0.229. The van der Waals surface area contributed by atoms with Crippen molar-refractivity contribution in [3.63, 3.8) is 0 Å². The van der Waals surface area contributed by atoms with Crippen LogP contribution in [0, 0.1) is 18.2 Å². The number of carboxylic acid groups (broad SMARTS) is 1. The molecule has 1 amide bonds. The molecule has 3 aromatic heterocycles. The van der Waals surface area contributed by atoms with Gasteiger partial charge >= 0.3 is 5.97 Å². The van der Waals surface area contributed by atoms with Gasteiger partial charge in [0, 0.05) is 22.4 Å². The van der Waals surface area contributed by atoms with Crippen molar-refractivity contribution in [1.29, 1.82) is 0 Å². The summed E-state index contributed by atoms with van der Waals surface area (Å²) in [5.41, 5.74) is 6.53. The molecule has 6 rings (SSSR count). The van der Waals surface area contributed by atoms with Crippen LogP contribution >= 0.6 is 11.6 Å². The van der Waals surface area contributed by atoms with Gasteiger partial charge in [0.25, 0.3) is 0 Å². The first-order valence-corrected chi connectivity index (χ1v) is 13.8. The molecule has 13 heteroatoms. The Morgan fingerprint density at radius 2 is 2.00 bits per heavy atom. The van der Waals surface area contributed by atoms with Crippen LogP contribution in [-0.2, 0) is 28.0 Å². The Balaban J connectivity index is 1.42. The van der Waals surface area contributed by atoms with E-state index in [4.69, 9.17) is 26.9 Å². The number of carbonyl (C=O) groups is 2. The van der Waals surface area contributed by atoms with E-state index in [2.05, 4.69) is 20.3 Å². The van der Waals surface area contributed by atoms with E-state index in [-0.39, 0.29) is 47.7 Å². The Bertz CT molecular complexity index is 1970. The Hall–Kier alpha value is -4.84. The summed E-state index contributed by atoms with van der Waals surface area (Å²) in [4.78, 5) is 38.6. The van der Waals surface area contributed by atoms with Gasteiger partial charge in [0.05, 0.1) is 28.7 Å². The van der Waals surface area contributed by atoms with Crippen LogP contribution in [-0.4, -0.2) is 41.7 Å². The van der Waals surface area contributed by atoms with Crippen molar-refractivity contribution in [3.05, 3.63) is 81.8 Å². The summed E-state index contributed by atoms with van der Waals surface area (Å²) < 4.78 is 22.2. The lowest BCUT2D eigenvalue weighted by molar-refractivity contribution is -0.146. The molecule has 5 aromatic rings. The van der Waals surface area contributed by atoms with Crippen molar-refractivity contribution in [2.45, 2.75) is 46.1 Å². The van der Waals surface area contributed by atoms with Gasteiger partial charge in [0.1, 0.15) is 29.4 Å². The number of aromatic nitrogens is 5. The number of anilines is 2. The maximum absolute atomic E-state index is 14.9. The van der Waals surface area contributed by atoms with Gasteiger partial charge in [-0.2, -0.15) is 5.10 Å². The zero-order valence-electron chi connectivity index (χ0n) is 23.7. The van der Waals surface area contributed by atoms with E-state index in [1.165, 1.54) is 6.26 Å². The van der Waals surface area contributed by atoms with E-state index >= 15 is 0 Å². The number of oxazole rings is 1. The van der Waals surface area contributed by atoms with Crippen molar-refractivity contribution in [1.82, 2.24) is 24.7 Å². The average Bonchev–Trinajstić information content (AvgIpc) is 3.61. The third-order valence-electron chi connectivity index (χ3n) is 7.82. The van der Waals surface area contributed by atoms with Crippen molar-refractivity contribution < 1.29 is 23.5 Å². The maximum atomic E-state index is 14.9. The zero-order chi connectivity index (χ0) is 30.8. The fraction of sp³-hybridized carbons (Fsp3) is 0.267. The third-order valence-corrected chi connectivity index (χ3v) is 8.06. The van der Waals surface area contributed by atoms with Crippen LogP contribution in [0.25, 0.3) is 22.4 Å². The fourth-order valence-corrected chi connectivity index (χ4v) is 5.45. The van der Waals surface area contributed by atoms with Crippen LogP contribution in [0.2, 0.25) is 5.02 Å². The summed E-state index contributed by atoms with van der Waals surface area (Å²) in [5.74, 6) is -1.44. The van der Waals surface area contributed by atoms with E-state index in [1.54, 1.807) is 68.8 Å². The number of carbonyl (C=O) groups excluding carboxylic acids is 1. The molecule has 0 aliphatic carbocycles. The Labute approximate surface area is 249 Å². The van der Waals surface area contributed by atoms with Crippen LogP contribution in [0.3, 0.4) is 0 Å². The van der Waals surface area contributed by atoms with E-state index in [0.29, 0.717) is 38.4 Å². The Kier molecular flexibility index (Phi) is 6.49. The molecular weight excluding hydrogens is 577 g/mol. The fourth-order valence-electron chi connectivity index (χ4n) is 5.29. The number of carboxylic acids is 1. The molecule has 0 radical (unpaired) electrons. The molecule has 1 atom stereocenters. The van der Waals surface area contributed by atoms with E-state index < -0.39 is 22.7 Å². The number of nitrogens with one attached hydrogen (secondary N) is 1. The van der Waals surface area contributed by atoms with Gasteiger partial charge in [0.15, 0.2) is 11.2 Å². The van der Waals surface area contributed by atoms with Crippen molar-refractivity contribution >= 4 is 46.0 Å². The van der Waals surface area contributed by atoms with Gasteiger partial charge < -0.3 is 20.6 Å². The number of rotatable bonds is 7. The lowest BCUT2D eigenvalue weighted by Crippen LogP contribution is -2.33. The molecule has 0 bridgehead atoms. The smallest absolute Gasteiger partial charge is 0.309 e. The van der Waals surface area contributed by atoms with Crippen LogP contribution in [0.5, 0.6) is 0 Å². The van der Waals surface area contributed by atoms with Crippen molar-refractivity contribution in [3.8, 4) is 11.5 Å². The summed E-state index contributed by atoms with van der Waals surface area (Å²) >= 11 is 6.31. The van der Waals surface area contributed by atoms with Gasteiger partial charge in [-0.3, -0.25) is 14.3 Å². The summed E-state index contributed by atoms with van der Waals surface area (Å²) in [6.45, 7) is 6.57. The molecule has 4 heterocycles. The maximum Gasteiger partial charge on any atom is 0.309 e. The van der Waals surface area contributed by atoms with Gasteiger partial charge in [-0.1, -0.05) is 29.8 Å². The van der Waals surface area contributed by atoms with Crippen LogP contribution < -0.4 is 11.1 Å². The summed E-state index contributed by atoms with van der Waals surface area (Å²) in [5, 5.41) is 18.1. The molecule has 1 aliphatic rings. The highest BCUT2D eigenvalue weighted by atomic mass is 35.5. The Morgan fingerprint density at radius 1 is 1.23 bits per heavy atom. The number of hydrogen-bond acceptors (Lipinski definition) is 8. The SMILES string of the molecule is Cc1cccc(Cn2nc(-c3nc(N)c4c(n3)NC(=O)C4(C)c3nc(CC(C)(C)C(=O)O)co3)c3ccc(Cl)cc32)c1F. The molecule has 1 unspecified atom stereocenters. The van der Waals surface area contributed by atoms with E-state index in [0.717, 1.165) is 0 Å². The number of hydrogen-bond donors (Lipinski definition) is 3. The first kappa shape index (κ1) is 28.3. The highest BCUT2D eigenvalue weighted by molar-refractivity contribution is 6.31. The van der Waals surface area contributed by atoms with Gasteiger partial charge in [-0.05, 0) is 51.5 Å². The number of amides is 1. The second-order valence-electron chi connectivity index (χ2n) is 11.5. The summed E-state index contributed by atoms with van der Waals surface area (Å²) in [7, 11) is 0. The molecule has 2 aromatic carbocycles. The minimum Gasteiger partial charge on any atom is -0.481 e. The Morgan fingerprint density at radius 3 is 2.74 bits per heavy atom. The normalized spacial score (nSPS) is 16.5. The van der Waals surface area contributed by atoms with Crippen LogP contribution in [0.1, 0.15) is 49.0 Å². The first-order valence-electron chi connectivity index (χ1n) is 13.4. The number of nitrogens with two attached hydrogens (primary N) is 1. The van der Waals surface area contributed by atoms with Crippen molar-refractivity contribution in [2.75, 3.05) is 11.1 Å². The highest BCUT2D eigenvalue weighted by Crippen LogP contribution is 2.45.